The van der Waals surface area contributed by atoms with Crippen LogP contribution in [-0.2, 0) is 23.3 Å². The average molecular weight is 398 g/mol. The van der Waals surface area contributed by atoms with Crippen LogP contribution in [0, 0.1) is 0 Å². The summed E-state index contributed by atoms with van der Waals surface area (Å²) in [4.78, 5) is 11.7. The van der Waals surface area contributed by atoms with Gasteiger partial charge in [-0.25, -0.2) is 8.42 Å². The summed E-state index contributed by atoms with van der Waals surface area (Å²) in [5.74, 6) is -0.382. The zero-order valence-electron chi connectivity index (χ0n) is 10.5. The van der Waals surface area contributed by atoms with E-state index in [1.807, 2.05) is 22.9 Å². The summed E-state index contributed by atoms with van der Waals surface area (Å²) in [6, 6.07) is 3.22. The van der Waals surface area contributed by atoms with Crippen molar-refractivity contribution in [1.82, 2.24) is 8.87 Å². The van der Waals surface area contributed by atoms with Gasteiger partial charge in [0.05, 0.1) is 40.3 Å². The van der Waals surface area contributed by atoms with Crippen LogP contribution >= 0.6 is 21.2 Å². The molecule has 1 unspecified atom stereocenters. The highest BCUT2D eigenvalue weighted by molar-refractivity contribution is 14.2. The van der Waals surface area contributed by atoms with E-state index >= 15 is 0 Å². The first-order valence-electron chi connectivity index (χ1n) is 5.95. The van der Waals surface area contributed by atoms with Crippen molar-refractivity contribution in [3.63, 3.8) is 0 Å². The quantitative estimate of drug-likeness (QED) is 0.438. The minimum atomic E-state index is -3.37. The number of fused-ring (bicyclic) bond motifs is 1. The monoisotopic (exact) mass is 398 g/mol. The molecular formula is C11H15IN2O4S. The van der Waals surface area contributed by atoms with Crippen LogP contribution in [0.15, 0.2) is 18.3 Å². The molecule has 1 aromatic heterocycles. The van der Waals surface area contributed by atoms with E-state index in [1.165, 1.54) is 25.5 Å². The fourth-order valence-corrected chi connectivity index (χ4v) is 4.49. The second-order valence-corrected chi connectivity index (χ2v) is 8.84. The third-order valence-electron chi connectivity index (χ3n) is 3.06. The van der Waals surface area contributed by atoms with E-state index in [1.54, 1.807) is 6.92 Å². The van der Waals surface area contributed by atoms with Crippen LogP contribution in [0.25, 0.3) is 0 Å². The lowest BCUT2D eigenvalue weighted by atomic mass is 10.1. The molecule has 2 rings (SSSR count). The highest BCUT2D eigenvalue weighted by Gasteiger charge is 2.35. The fourth-order valence-electron chi connectivity index (χ4n) is 2.29. The van der Waals surface area contributed by atoms with Crippen LogP contribution in [0.5, 0.6) is 0 Å². The van der Waals surface area contributed by atoms with Gasteiger partial charge in [-0.1, -0.05) is 0 Å². The Kier molecular flexibility index (Phi) is 4.51. The molecule has 6 nitrogen and oxygen atoms in total. The lowest BCUT2D eigenvalue weighted by Gasteiger charge is -2.33. The molecule has 0 saturated carbocycles. The zero-order valence-corrected chi connectivity index (χ0v) is 13.4. The van der Waals surface area contributed by atoms with E-state index in [-0.39, 0.29) is 12.4 Å². The fraction of sp³-hybridized carbons (Fsp3) is 0.545. The molecule has 0 bridgehead atoms. The maximum Gasteiger partial charge on any atom is 0.307 e. The lowest BCUT2D eigenvalue weighted by molar-refractivity contribution is -0.144. The SMILES string of the molecule is CCOC(=O)CC1c2cccn2CCN1S(=O)(=O)I. The Morgan fingerprint density at radius 1 is 1.53 bits per heavy atom. The molecule has 0 fully saturated rings. The van der Waals surface area contributed by atoms with Gasteiger partial charge in [-0.2, -0.15) is 4.31 Å². The summed E-state index contributed by atoms with van der Waals surface area (Å²) in [6.07, 6.45) is 1.94. The van der Waals surface area contributed by atoms with E-state index in [0.717, 1.165) is 5.69 Å². The Balaban J connectivity index is 2.30. The number of carbonyl (C=O) groups is 1. The maximum absolute atomic E-state index is 11.8. The molecule has 1 aromatic rings. The van der Waals surface area contributed by atoms with Crippen molar-refractivity contribution in [2.45, 2.75) is 25.9 Å². The average Bonchev–Trinajstić information content (AvgIpc) is 2.76. The first kappa shape index (κ1) is 14.8. The predicted molar refractivity (Wildman–Crippen MR) is 78.1 cm³/mol. The van der Waals surface area contributed by atoms with Crippen LogP contribution in [0.2, 0.25) is 0 Å². The van der Waals surface area contributed by atoms with Crippen molar-refractivity contribution in [3.8, 4) is 0 Å². The molecule has 0 aliphatic carbocycles. The Bertz CT molecular complexity index is 569. The smallest absolute Gasteiger partial charge is 0.307 e. The summed E-state index contributed by atoms with van der Waals surface area (Å²) in [5.41, 5.74) is 0.833. The number of aromatic nitrogens is 1. The van der Waals surface area contributed by atoms with Crippen LogP contribution in [0.4, 0.5) is 0 Å². The number of hydrogen-bond donors (Lipinski definition) is 0. The molecule has 19 heavy (non-hydrogen) atoms. The second-order valence-electron chi connectivity index (χ2n) is 4.20. The van der Waals surface area contributed by atoms with Crippen LogP contribution in [-0.4, -0.2) is 36.4 Å². The van der Waals surface area contributed by atoms with Gasteiger partial charge in [0, 0.05) is 25.0 Å². The van der Waals surface area contributed by atoms with Crippen molar-refractivity contribution >= 4 is 34.4 Å². The van der Waals surface area contributed by atoms with Gasteiger partial charge in [-0.3, -0.25) is 4.79 Å². The molecule has 1 atom stereocenters. The van der Waals surface area contributed by atoms with Crippen LogP contribution in [0.3, 0.4) is 0 Å². The second kappa shape index (κ2) is 5.80. The molecule has 0 amide bonds. The molecule has 106 valence electrons. The molecule has 0 saturated heterocycles. The van der Waals surface area contributed by atoms with Crippen molar-refractivity contribution < 1.29 is 17.9 Å². The van der Waals surface area contributed by atoms with Gasteiger partial charge in [0.25, 0.3) is 7.19 Å². The highest BCUT2D eigenvalue weighted by Crippen LogP contribution is 2.33. The van der Waals surface area contributed by atoms with E-state index in [0.29, 0.717) is 19.7 Å². The number of esters is 1. The molecule has 0 radical (unpaired) electrons. The van der Waals surface area contributed by atoms with E-state index in [4.69, 9.17) is 4.74 Å². The Morgan fingerprint density at radius 3 is 2.89 bits per heavy atom. The van der Waals surface area contributed by atoms with E-state index < -0.39 is 13.2 Å². The third kappa shape index (κ3) is 3.29. The van der Waals surface area contributed by atoms with Crippen molar-refractivity contribution in [3.05, 3.63) is 24.0 Å². The number of carbonyl (C=O) groups excluding carboxylic acids is 1. The molecule has 2 heterocycles. The maximum atomic E-state index is 11.8. The van der Waals surface area contributed by atoms with Gasteiger partial charge in [0.15, 0.2) is 0 Å². The highest BCUT2D eigenvalue weighted by atomic mass is 127. The third-order valence-corrected chi connectivity index (χ3v) is 5.58. The van der Waals surface area contributed by atoms with Gasteiger partial charge in [0.2, 0.25) is 0 Å². The Morgan fingerprint density at radius 2 is 2.26 bits per heavy atom. The molecule has 8 heteroatoms. The van der Waals surface area contributed by atoms with Crippen molar-refractivity contribution in [2.24, 2.45) is 0 Å². The van der Waals surface area contributed by atoms with Crippen molar-refractivity contribution in [2.75, 3.05) is 13.2 Å². The summed E-state index contributed by atoms with van der Waals surface area (Å²) >= 11 is 1.41. The van der Waals surface area contributed by atoms with E-state index in [2.05, 4.69) is 0 Å². The number of rotatable bonds is 4. The Labute approximate surface area is 124 Å². The van der Waals surface area contributed by atoms with Gasteiger partial charge < -0.3 is 9.30 Å². The normalized spacial score (nSPS) is 20.0. The van der Waals surface area contributed by atoms with Gasteiger partial charge in [-0.05, 0) is 19.1 Å². The molecule has 0 N–H and O–H groups in total. The largest absolute Gasteiger partial charge is 0.466 e. The summed E-state index contributed by atoms with van der Waals surface area (Å²) in [6.45, 7) is 3.00. The molecular weight excluding hydrogens is 383 g/mol. The minimum absolute atomic E-state index is 0.0418. The van der Waals surface area contributed by atoms with Crippen LogP contribution < -0.4 is 0 Å². The summed E-state index contributed by atoms with van der Waals surface area (Å²) < 4.78 is 31.9. The van der Waals surface area contributed by atoms with Gasteiger partial charge in [0.1, 0.15) is 0 Å². The number of ether oxygens (including phenoxy) is 1. The van der Waals surface area contributed by atoms with E-state index in [9.17, 15) is 13.2 Å². The molecule has 0 aromatic carbocycles. The van der Waals surface area contributed by atoms with Gasteiger partial charge in [-0.15, -0.1) is 0 Å². The molecule has 1 aliphatic heterocycles. The first-order chi connectivity index (χ1) is 8.93. The predicted octanol–water partition coefficient (Wildman–Crippen LogP) is 1.48. The van der Waals surface area contributed by atoms with Crippen LogP contribution in [0.1, 0.15) is 25.1 Å². The summed E-state index contributed by atoms with van der Waals surface area (Å²) in [7, 11) is -3.37. The van der Waals surface area contributed by atoms with Gasteiger partial charge >= 0.3 is 5.97 Å². The molecule has 1 aliphatic rings. The number of nitrogens with zero attached hydrogens (tertiary/aromatic N) is 2. The first-order valence-corrected chi connectivity index (χ1v) is 9.94. The minimum Gasteiger partial charge on any atom is -0.466 e. The standard InChI is InChI=1S/C11H15IN2O4S/c1-2-18-11(15)8-10-9-4-3-5-13(9)6-7-14(10)19(12,16)17/h3-5,10H,2,6-8H2,1H3. The topological polar surface area (TPSA) is 68.6 Å². The number of halogens is 1. The Hall–Kier alpha value is -0.610. The number of hydrogen-bond acceptors (Lipinski definition) is 4. The summed E-state index contributed by atoms with van der Waals surface area (Å²) in [5, 5.41) is 0. The lowest BCUT2D eigenvalue weighted by Crippen LogP contribution is -2.40. The molecule has 0 spiro atoms. The van der Waals surface area contributed by atoms with Crippen molar-refractivity contribution in [1.29, 1.82) is 0 Å². The zero-order chi connectivity index (χ0) is 14.0.